The van der Waals surface area contributed by atoms with Crippen LogP contribution in [0, 0.1) is 12.8 Å². The van der Waals surface area contributed by atoms with Crippen molar-refractivity contribution in [2.24, 2.45) is 5.92 Å². The maximum absolute atomic E-state index is 13.8. The Labute approximate surface area is 191 Å². The Morgan fingerprint density at radius 1 is 1.24 bits per heavy atom. The molecule has 0 radical (unpaired) electrons. The lowest BCUT2D eigenvalue weighted by Crippen LogP contribution is -2.69. The number of aromatic nitrogens is 1. The van der Waals surface area contributed by atoms with Crippen LogP contribution in [0.25, 0.3) is 10.9 Å². The summed E-state index contributed by atoms with van der Waals surface area (Å²) in [5.41, 5.74) is 3.98. The van der Waals surface area contributed by atoms with Crippen molar-refractivity contribution in [3.63, 3.8) is 0 Å². The van der Waals surface area contributed by atoms with E-state index < -0.39 is 17.6 Å². The van der Waals surface area contributed by atoms with Gasteiger partial charge < -0.3 is 14.8 Å². The van der Waals surface area contributed by atoms with Crippen molar-refractivity contribution in [2.45, 2.75) is 56.5 Å². The van der Waals surface area contributed by atoms with E-state index in [4.69, 9.17) is 4.74 Å². The van der Waals surface area contributed by atoms with Crippen LogP contribution in [0.3, 0.4) is 0 Å². The van der Waals surface area contributed by atoms with Gasteiger partial charge in [-0.1, -0.05) is 12.1 Å². The van der Waals surface area contributed by atoms with Crippen molar-refractivity contribution >= 4 is 16.9 Å². The highest BCUT2D eigenvalue weighted by Crippen LogP contribution is 2.52. The standard InChI is InChI=1S/C26H28F2N2O3/c1-15-11-22(33-2)20(19-8-10-29-23(15)19)12-18-7-9-25(14-26(27,28)30-25)13-21(18)16-3-5-17(6-4-16)24(31)32/h3-6,8,10-11,18,21,29-30H,7,9,12-14H2,1-2H3,(H,31,32)/t18-,21+,25-/m0/s1. The molecule has 1 saturated carbocycles. The number of aromatic carboxylic acids is 1. The highest BCUT2D eigenvalue weighted by Gasteiger charge is 2.58. The molecular formula is C26H28F2N2O3. The van der Waals surface area contributed by atoms with Crippen molar-refractivity contribution in [3.05, 3.63) is 64.8 Å². The van der Waals surface area contributed by atoms with E-state index >= 15 is 0 Å². The van der Waals surface area contributed by atoms with Crippen LogP contribution in [0.4, 0.5) is 8.78 Å². The summed E-state index contributed by atoms with van der Waals surface area (Å²) in [4.78, 5) is 14.6. The SMILES string of the molecule is COc1cc(C)c2[nH]ccc2c1C[C@@H]1CC[C@]2(C[C@@H]1c1ccc(C(=O)O)cc1)CC(F)(F)N2. The van der Waals surface area contributed by atoms with Crippen molar-refractivity contribution < 1.29 is 23.4 Å². The van der Waals surface area contributed by atoms with Gasteiger partial charge in [0.1, 0.15) is 5.75 Å². The van der Waals surface area contributed by atoms with E-state index in [2.05, 4.69) is 16.4 Å². The Balaban J connectivity index is 1.50. The van der Waals surface area contributed by atoms with Gasteiger partial charge >= 0.3 is 12.0 Å². The molecule has 1 spiro atoms. The first-order chi connectivity index (χ1) is 15.7. The largest absolute Gasteiger partial charge is 0.496 e. The maximum Gasteiger partial charge on any atom is 0.335 e. The minimum atomic E-state index is -2.80. The smallest absolute Gasteiger partial charge is 0.335 e. The van der Waals surface area contributed by atoms with E-state index in [0.717, 1.165) is 46.2 Å². The van der Waals surface area contributed by atoms with Crippen LogP contribution in [0.1, 0.15) is 58.6 Å². The second-order valence-corrected chi connectivity index (χ2v) is 9.67. The first-order valence-corrected chi connectivity index (χ1v) is 11.3. The Morgan fingerprint density at radius 2 is 1.97 bits per heavy atom. The Hall–Kier alpha value is -2.93. The average molecular weight is 455 g/mol. The van der Waals surface area contributed by atoms with E-state index in [1.165, 1.54) is 0 Å². The summed E-state index contributed by atoms with van der Waals surface area (Å²) in [6.07, 6.45) is 4.64. The molecular weight excluding hydrogens is 426 g/mol. The van der Waals surface area contributed by atoms with E-state index in [-0.39, 0.29) is 23.8 Å². The molecule has 7 heteroatoms. The summed E-state index contributed by atoms with van der Waals surface area (Å²) in [6, 6.07) is 8.20. The minimum absolute atomic E-state index is 0.0326. The van der Waals surface area contributed by atoms with E-state index in [1.807, 2.05) is 31.3 Å². The molecule has 0 unspecified atom stereocenters. The number of carboxylic acids is 1. The first-order valence-electron chi connectivity index (χ1n) is 11.3. The first kappa shape index (κ1) is 21.9. The third-order valence-electron chi connectivity index (χ3n) is 7.57. The third kappa shape index (κ3) is 3.88. The quantitative estimate of drug-likeness (QED) is 0.437. The van der Waals surface area contributed by atoms with Gasteiger partial charge in [0.2, 0.25) is 0 Å². The van der Waals surface area contributed by atoms with Gasteiger partial charge in [0.25, 0.3) is 0 Å². The monoisotopic (exact) mass is 454 g/mol. The molecule has 2 aromatic carbocycles. The van der Waals surface area contributed by atoms with Crippen molar-refractivity contribution in [1.29, 1.82) is 0 Å². The molecule has 2 aliphatic rings. The number of aromatic amines is 1. The van der Waals surface area contributed by atoms with Crippen LogP contribution in [-0.2, 0) is 6.42 Å². The molecule has 5 rings (SSSR count). The molecule has 33 heavy (non-hydrogen) atoms. The number of H-pyrrole nitrogens is 1. The number of hydrogen-bond donors (Lipinski definition) is 3. The maximum atomic E-state index is 13.8. The number of alkyl halides is 2. The Bertz CT molecular complexity index is 1190. The summed E-state index contributed by atoms with van der Waals surface area (Å²) in [6.45, 7) is 2.05. The van der Waals surface area contributed by atoms with E-state index in [9.17, 15) is 18.7 Å². The number of rotatable bonds is 5. The van der Waals surface area contributed by atoms with E-state index in [1.54, 1.807) is 19.2 Å². The van der Waals surface area contributed by atoms with Gasteiger partial charge in [-0.05, 0) is 79.8 Å². The third-order valence-corrected chi connectivity index (χ3v) is 7.57. The number of aryl methyl sites for hydroxylation is 1. The van der Waals surface area contributed by atoms with Gasteiger partial charge in [-0.15, -0.1) is 0 Å². The number of nitrogens with one attached hydrogen (secondary N) is 2. The van der Waals surface area contributed by atoms with Gasteiger partial charge in [0, 0.05) is 34.6 Å². The van der Waals surface area contributed by atoms with Crippen LogP contribution < -0.4 is 10.1 Å². The molecule has 2 heterocycles. The molecule has 5 nitrogen and oxygen atoms in total. The molecule has 1 aliphatic heterocycles. The summed E-state index contributed by atoms with van der Waals surface area (Å²) in [5.74, 6) is 0.119. The van der Waals surface area contributed by atoms with E-state index in [0.29, 0.717) is 12.8 Å². The van der Waals surface area contributed by atoms with Crippen LogP contribution in [0.15, 0.2) is 42.6 Å². The molecule has 3 aromatic rings. The average Bonchev–Trinajstić information content (AvgIpc) is 3.26. The lowest BCUT2D eigenvalue weighted by atomic mass is 9.62. The topological polar surface area (TPSA) is 74.4 Å². The fourth-order valence-electron chi connectivity index (χ4n) is 6.02. The molecule has 2 fully saturated rings. The zero-order valence-electron chi connectivity index (χ0n) is 18.8. The fourth-order valence-corrected chi connectivity index (χ4v) is 6.02. The number of methoxy groups -OCH3 is 1. The molecule has 0 amide bonds. The Kier molecular flexibility index (Phi) is 5.20. The summed E-state index contributed by atoms with van der Waals surface area (Å²) >= 11 is 0. The van der Waals surface area contributed by atoms with Gasteiger partial charge in [-0.2, -0.15) is 8.78 Å². The predicted octanol–water partition coefficient (Wildman–Crippen LogP) is 5.63. The highest BCUT2D eigenvalue weighted by atomic mass is 19.3. The van der Waals surface area contributed by atoms with Gasteiger partial charge in [0.15, 0.2) is 0 Å². The number of ether oxygens (including phenoxy) is 1. The number of fused-ring (bicyclic) bond motifs is 1. The Morgan fingerprint density at radius 3 is 2.61 bits per heavy atom. The number of hydrogen-bond acceptors (Lipinski definition) is 3. The number of carbonyl (C=O) groups is 1. The normalized spacial score (nSPS) is 26.3. The lowest BCUT2D eigenvalue weighted by Gasteiger charge is -2.54. The van der Waals surface area contributed by atoms with Crippen LogP contribution in [-0.4, -0.2) is 34.8 Å². The van der Waals surface area contributed by atoms with Gasteiger partial charge in [-0.25, -0.2) is 4.79 Å². The summed E-state index contributed by atoms with van der Waals surface area (Å²) in [7, 11) is 1.68. The highest BCUT2D eigenvalue weighted by molar-refractivity contribution is 5.88. The zero-order chi connectivity index (χ0) is 23.4. The molecule has 1 aliphatic carbocycles. The fraction of sp³-hybridized carbons (Fsp3) is 0.423. The second-order valence-electron chi connectivity index (χ2n) is 9.67. The summed E-state index contributed by atoms with van der Waals surface area (Å²) in [5, 5.41) is 12.9. The van der Waals surface area contributed by atoms with Crippen molar-refractivity contribution in [1.82, 2.24) is 10.3 Å². The van der Waals surface area contributed by atoms with Crippen LogP contribution >= 0.6 is 0 Å². The van der Waals surface area contributed by atoms with Crippen LogP contribution in [0.2, 0.25) is 0 Å². The van der Waals surface area contributed by atoms with Crippen LogP contribution in [0.5, 0.6) is 5.75 Å². The zero-order valence-corrected chi connectivity index (χ0v) is 18.8. The number of carboxylic acid groups (broad SMARTS) is 1. The number of halogens is 2. The molecule has 174 valence electrons. The van der Waals surface area contributed by atoms with Gasteiger partial charge in [-0.3, -0.25) is 5.32 Å². The minimum Gasteiger partial charge on any atom is -0.496 e. The summed E-state index contributed by atoms with van der Waals surface area (Å²) < 4.78 is 33.3. The molecule has 3 N–H and O–H groups in total. The van der Waals surface area contributed by atoms with Crippen molar-refractivity contribution in [2.75, 3.05) is 7.11 Å². The molecule has 0 bridgehead atoms. The molecule has 1 saturated heterocycles. The second kappa shape index (κ2) is 7.83. The molecule has 1 aromatic heterocycles. The lowest BCUT2D eigenvalue weighted by molar-refractivity contribution is -0.176. The predicted molar refractivity (Wildman–Crippen MR) is 122 cm³/mol. The molecule has 3 atom stereocenters. The van der Waals surface area contributed by atoms with Gasteiger partial charge in [0.05, 0.1) is 12.7 Å². The van der Waals surface area contributed by atoms with Crippen molar-refractivity contribution in [3.8, 4) is 5.75 Å². The number of benzene rings is 2.